The van der Waals surface area contributed by atoms with Crippen LogP contribution in [-0.4, -0.2) is 16.3 Å². The third-order valence-electron chi connectivity index (χ3n) is 3.91. The molecule has 0 radical (unpaired) electrons. The highest BCUT2D eigenvalue weighted by Gasteiger charge is 2.12. The zero-order chi connectivity index (χ0) is 14.7. The van der Waals surface area contributed by atoms with Crippen LogP contribution in [0.3, 0.4) is 0 Å². The largest absolute Gasteiger partial charge is 0.309 e. The van der Waals surface area contributed by atoms with E-state index in [2.05, 4.69) is 71.4 Å². The van der Waals surface area contributed by atoms with Crippen molar-refractivity contribution in [1.82, 2.24) is 15.1 Å². The van der Waals surface area contributed by atoms with Crippen LogP contribution in [-0.2, 0) is 6.54 Å². The topological polar surface area (TPSA) is 29.9 Å². The van der Waals surface area contributed by atoms with Gasteiger partial charge in [0, 0.05) is 11.9 Å². The molecule has 3 heteroatoms. The highest BCUT2D eigenvalue weighted by molar-refractivity contribution is 5.83. The van der Waals surface area contributed by atoms with Gasteiger partial charge in [-0.2, -0.15) is 5.10 Å². The average Bonchev–Trinajstić information content (AvgIpc) is 2.91. The van der Waals surface area contributed by atoms with Gasteiger partial charge in [0.25, 0.3) is 0 Å². The molecular weight excluding hydrogens is 258 g/mol. The first kappa shape index (κ1) is 13.8. The summed E-state index contributed by atoms with van der Waals surface area (Å²) in [7, 11) is 0. The number of nitrogens with one attached hydrogen (secondary N) is 1. The molecule has 0 spiro atoms. The smallest absolute Gasteiger partial charge is 0.0607 e. The normalized spacial score (nSPS) is 12.7. The van der Waals surface area contributed by atoms with Crippen molar-refractivity contribution in [3.63, 3.8) is 0 Å². The minimum absolute atomic E-state index is 0.276. The van der Waals surface area contributed by atoms with Crippen LogP contribution in [0.15, 0.2) is 54.7 Å². The molecule has 0 amide bonds. The maximum atomic E-state index is 4.40. The molecule has 0 aliphatic heterocycles. The molecule has 1 atom stereocenters. The van der Waals surface area contributed by atoms with Crippen LogP contribution in [0.4, 0.5) is 0 Å². The molecular formula is C18H21N3. The lowest BCUT2D eigenvalue weighted by molar-refractivity contribution is 0.442. The van der Waals surface area contributed by atoms with E-state index in [0.717, 1.165) is 13.1 Å². The second-order valence-electron chi connectivity index (χ2n) is 5.37. The number of hydrogen-bond donors (Lipinski definition) is 1. The van der Waals surface area contributed by atoms with Gasteiger partial charge in [-0.25, -0.2) is 0 Å². The molecule has 108 valence electrons. The van der Waals surface area contributed by atoms with Crippen molar-refractivity contribution in [2.45, 2.75) is 26.4 Å². The van der Waals surface area contributed by atoms with Gasteiger partial charge in [-0.1, -0.05) is 43.3 Å². The van der Waals surface area contributed by atoms with Gasteiger partial charge in [0.2, 0.25) is 0 Å². The monoisotopic (exact) mass is 279 g/mol. The summed E-state index contributed by atoms with van der Waals surface area (Å²) >= 11 is 0. The van der Waals surface area contributed by atoms with Crippen molar-refractivity contribution in [3.05, 3.63) is 66.0 Å². The van der Waals surface area contributed by atoms with E-state index in [9.17, 15) is 0 Å². The van der Waals surface area contributed by atoms with Crippen LogP contribution in [0.5, 0.6) is 0 Å². The number of aryl methyl sites for hydroxylation is 1. The van der Waals surface area contributed by atoms with Gasteiger partial charge in [0.05, 0.1) is 12.6 Å². The summed E-state index contributed by atoms with van der Waals surface area (Å²) in [6.45, 7) is 6.03. The lowest BCUT2D eigenvalue weighted by atomic mass is 10.0. The van der Waals surface area contributed by atoms with Crippen molar-refractivity contribution in [1.29, 1.82) is 0 Å². The van der Waals surface area contributed by atoms with E-state index < -0.39 is 0 Å². The SMILES string of the molecule is CCNC(Cn1nccc1C)c1ccc2ccccc2c1. The van der Waals surface area contributed by atoms with E-state index in [1.54, 1.807) is 0 Å². The molecule has 0 bridgehead atoms. The molecule has 3 rings (SSSR count). The number of likely N-dealkylation sites (N-methyl/N-ethyl adjacent to an activating group) is 1. The number of nitrogens with zero attached hydrogens (tertiary/aromatic N) is 2. The molecule has 3 nitrogen and oxygen atoms in total. The quantitative estimate of drug-likeness (QED) is 0.772. The van der Waals surface area contributed by atoms with E-state index in [0.29, 0.717) is 0 Å². The summed E-state index contributed by atoms with van der Waals surface area (Å²) < 4.78 is 2.06. The molecule has 0 fully saturated rings. The Kier molecular flexibility index (Phi) is 4.02. The molecule has 3 aromatic rings. The predicted molar refractivity (Wildman–Crippen MR) is 87.3 cm³/mol. The zero-order valence-corrected chi connectivity index (χ0v) is 12.6. The zero-order valence-electron chi connectivity index (χ0n) is 12.6. The maximum Gasteiger partial charge on any atom is 0.0607 e. The predicted octanol–water partition coefficient (Wildman–Crippen LogP) is 3.70. The molecule has 0 saturated heterocycles. The Morgan fingerprint density at radius 1 is 1.10 bits per heavy atom. The molecule has 1 unspecified atom stereocenters. The first-order chi connectivity index (χ1) is 10.3. The van der Waals surface area contributed by atoms with Crippen LogP contribution < -0.4 is 5.32 Å². The Hall–Kier alpha value is -2.13. The maximum absolute atomic E-state index is 4.40. The van der Waals surface area contributed by atoms with Gasteiger partial charge in [0.1, 0.15) is 0 Å². The summed E-state index contributed by atoms with van der Waals surface area (Å²) in [6, 6.07) is 17.5. The van der Waals surface area contributed by atoms with Crippen LogP contribution in [0.2, 0.25) is 0 Å². The molecule has 21 heavy (non-hydrogen) atoms. The van der Waals surface area contributed by atoms with Crippen LogP contribution >= 0.6 is 0 Å². The summed E-state index contributed by atoms with van der Waals surface area (Å²) in [5.41, 5.74) is 2.50. The first-order valence-electron chi connectivity index (χ1n) is 7.48. The number of hydrogen-bond acceptors (Lipinski definition) is 2. The summed E-state index contributed by atoms with van der Waals surface area (Å²) in [5, 5.41) is 10.5. The molecule has 2 aromatic carbocycles. The summed E-state index contributed by atoms with van der Waals surface area (Å²) in [4.78, 5) is 0. The molecule has 0 saturated carbocycles. The van der Waals surface area contributed by atoms with Gasteiger partial charge >= 0.3 is 0 Å². The summed E-state index contributed by atoms with van der Waals surface area (Å²) in [5.74, 6) is 0. The number of aromatic nitrogens is 2. The van der Waals surface area contributed by atoms with Crippen LogP contribution in [0.25, 0.3) is 10.8 Å². The Bertz CT molecular complexity index is 730. The van der Waals surface area contributed by atoms with E-state index in [1.807, 2.05) is 12.3 Å². The van der Waals surface area contributed by atoms with Crippen molar-refractivity contribution in [3.8, 4) is 0 Å². The molecule has 1 N–H and O–H groups in total. The Morgan fingerprint density at radius 3 is 2.62 bits per heavy atom. The third kappa shape index (κ3) is 2.98. The van der Waals surface area contributed by atoms with Crippen LogP contribution in [0.1, 0.15) is 24.2 Å². The van der Waals surface area contributed by atoms with Gasteiger partial charge in [-0.3, -0.25) is 4.68 Å². The van der Waals surface area contributed by atoms with Crippen molar-refractivity contribution in [2.75, 3.05) is 6.54 Å². The van der Waals surface area contributed by atoms with Gasteiger partial charge in [-0.15, -0.1) is 0 Å². The Labute approximate surface area is 125 Å². The average molecular weight is 279 g/mol. The highest BCUT2D eigenvalue weighted by atomic mass is 15.3. The van der Waals surface area contributed by atoms with Gasteiger partial charge < -0.3 is 5.32 Å². The Balaban J connectivity index is 1.93. The van der Waals surface area contributed by atoms with Crippen molar-refractivity contribution < 1.29 is 0 Å². The van der Waals surface area contributed by atoms with E-state index in [4.69, 9.17) is 0 Å². The highest BCUT2D eigenvalue weighted by Crippen LogP contribution is 2.22. The fraction of sp³-hybridized carbons (Fsp3) is 0.278. The lowest BCUT2D eigenvalue weighted by Crippen LogP contribution is -2.26. The van der Waals surface area contributed by atoms with Crippen molar-refractivity contribution in [2.24, 2.45) is 0 Å². The molecule has 0 aliphatic carbocycles. The van der Waals surface area contributed by atoms with Gasteiger partial charge in [-0.05, 0) is 41.9 Å². The standard InChI is InChI=1S/C18H21N3/c1-3-19-18(13-21-14(2)10-11-20-21)17-9-8-15-6-4-5-7-16(15)12-17/h4-12,18-19H,3,13H2,1-2H3. The minimum atomic E-state index is 0.276. The second kappa shape index (κ2) is 6.10. The van der Waals surface area contributed by atoms with Gasteiger partial charge in [0.15, 0.2) is 0 Å². The van der Waals surface area contributed by atoms with Crippen molar-refractivity contribution >= 4 is 10.8 Å². The van der Waals surface area contributed by atoms with Crippen LogP contribution in [0, 0.1) is 6.92 Å². The molecule has 1 heterocycles. The van der Waals surface area contributed by atoms with E-state index >= 15 is 0 Å². The third-order valence-corrected chi connectivity index (χ3v) is 3.91. The molecule has 1 aromatic heterocycles. The fourth-order valence-electron chi connectivity index (χ4n) is 2.72. The fourth-order valence-corrected chi connectivity index (χ4v) is 2.72. The first-order valence-corrected chi connectivity index (χ1v) is 7.48. The van der Waals surface area contributed by atoms with E-state index in [-0.39, 0.29) is 6.04 Å². The summed E-state index contributed by atoms with van der Waals surface area (Å²) in [6.07, 6.45) is 1.86. The Morgan fingerprint density at radius 2 is 1.90 bits per heavy atom. The molecule has 0 aliphatic rings. The lowest BCUT2D eigenvalue weighted by Gasteiger charge is -2.20. The number of benzene rings is 2. The van der Waals surface area contributed by atoms with E-state index in [1.165, 1.54) is 22.0 Å². The number of fused-ring (bicyclic) bond motifs is 1. The second-order valence-corrected chi connectivity index (χ2v) is 5.37. The minimum Gasteiger partial charge on any atom is -0.309 e. The number of rotatable bonds is 5.